The molecular weight excluding hydrogens is 268 g/mol. The highest BCUT2D eigenvalue weighted by Crippen LogP contribution is 2.33. The maximum atomic E-state index is 5.87. The Kier molecular flexibility index (Phi) is 6.83. The third kappa shape index (κ3) is 4.76. The minimum Gasteiger partial charge on any atom is -0.179 e. The largest absolute Gasteiger partial charge is 0.179 e. The number of hydrogen-bond donors (Lipinski definition) is 1. The zero-order chi connectivity index (χ0) is 12.7. The molecule has 0 aliphatic heterocycles. The van der Waals surface area contributed by atoms with Gasteiger partial charge in [-0.15, -0.1) is 0 Å². The minimum absolute atomic E-state index is 0.403. The van der Waals surface area contributed by atoms with Crippen LogP contribution >= 0.6 is 36.0 Å². The van der Waals surface area contributed by atoms with E-state index in [-0.39, 0.29) is 0 Å². The lowest BCUT2D eigenvalue weighted by molar-refractivity contribution is 0.357. The highest BCUT2D eigenvalue weighted by Gasteiger charge is 2.23. The summed E-state index contributed by atoms with van der Waals surface area (Å²) in [6, 6.07) is 8.14. The Labute approximate surface area is 120 Å². The van der Waals surface area contributed by atoms with Gasteiger partial charge in [-0.2, -0.15) is 24.4 Å². The summed E-state index contributed by atoms with van der Waals surface area (Å²) in [5.74, 6) is 3.23. The molecular formula is C14H21ClS2. The molecule has 1 rings (SSSR count). The molecule has 0 spiro atoms. The van der Waals surface area contributed by atoms with Gasteiger partial charge in [0.2, 0.25) is 0 Å². The van der Waals surface area contributed by atoms with Crippen LogP contribution in [-0.2, 0) is 5.75 Å². The molecule has 0 amide bonds. The lowest BCUT2D eigenvalue weighted by atomic mass is 9.87. The number of thiol groups is 1. The number of thioether (sulfide) groups is 1. The minimum atomic E-state index is 0.403. The first-order chi connectivity index (χ1) is 8.15. The van der Waals surface area contributed by atoms with Gasteiger partial charge in [0.15, 0.2) is 0 Å². The number of hydrogen-bond acceptors (Lipinski definition) is 2. The smallest absolute Gasteiger partial charge is 0.0406 e. The van der Waals surface area contributed by atoms with Crippen LogP contribution in [0, 0.1) is 5.41 Å². The summed E-state index contributed by atoms with van der Waals surface area (Å²) in [5, 5.41) is 0.811. The van der Waals surface area contributed by atoms with E-state index in [1.165, 1.54) is 24.2 Å². The summed E-state index contributed by atoms with van der Waals surface area (Å²) < 4.78 is 0. The molecule has 0 heterocycles. The van der Waals surface area contributed by atoms with Crippen LogP contribution < -0.4 is 0 Å². The van der Waals surface area contributed by atoms with Crippen molar-refractivity contribution in [2.75, 3.05) is 11.5 Å². The predicted molar refractivity (Wildman–Crippen MR) is 84.5 cm³/mol. The van der Waals surface area contributed by atoms with E-state index < -0.39 is 0 Å². The second-order valence-corrected chi connectivity index (χ2v) is 6.22. The molecule has 17 heavy (non-hydrogen) atoms. The molecule has 0 radical (unpaired) electrons. The maximum Gasteiger partial charge on any atom is 0.0406 e. The van der Waals surface area contributed by atoms with E-state index in [9.17, 15) is 0 Å². The standard InChI is InChI=1S/C14H21ClS2/c1-3-14(4-2,10-16)11-17-9-12-5-7-13(15)8-6-12/h5-8,16H,3-4,9-11H2,1-2H3. The molecule has 0 atom stereocenters. The SMILES string of the molecule is CCC(CC)(CS)CSCc1ccc(Cl)cc1. The first kappa shape index (κ1) is 15.3. The van der Waals surface area contributed by atoms with Gasteiger partial charge in [0, 0.05) is 16.5 Å². The number of halogens is 1. The van der Waals surface area contributed by atoms with Gasteiger partial charge in [-0.1, -0.05) is 37.6 Å². The normalized spacial score (nSPS) is 11.8. The van der Waals surface area contributed by atoms with Crippen molar-refractivity contribution >= 4 is 36.0 Å². The van der Waals surface area contributed by atoms with E-state index in [1.807, 2.05) is 23.9 Å². The first-order valence-corrected chi connectivity index (χ1v) is 8.25. The Morgan fingerprint density at radius 3 is 2.24 bits per heavy atom. The molecule has 96 valence electrons. The van der Waals surface area contributed by atoms with Crippen molar-refractivity contribution in [1.82, 2.24) is 0 Å². The van der Waals surface area contributed by atoms with E-state index in [0.717, 1.165) is 16.5 Å². The fraction of sp³-hybridized carbons (Fsp3) is 0.571. The Morgan fingerprint density at radius 2 is 1.76 bits per heavy atom. The average Bonchev–Trinajstić information content (AvgIpc) is 2.38. The van der Waals surface area contributed by atoms with Crippen molar-refractivity contribution in [3.8, 4) is 0 Å². The molecule has 0 unspecified atom stereocenters. The Morgan fingerprint density at radius 1 is 1.18 bits per heavy atom. The molecule has 3 heteroatoms. The monoisotopic (exact) mass is 288 g/mol. The second kappa shape index (κ2) is 7.60. The molecule has 0 bridgehead atoms. The van der Waals surface area contributed by atoms with Gasteiger partial charge >= 0.3 is 0 Å². The molecule has 0 aromatic heterocycles. The van der Waals surface area contributed by atoms with Gasteiger partial charge in [-0.25, -0.2) is 0 Å². The zero-order valence-electron chi connectivity index (χ0n) is 10.6. The predicted octanol–water partition coefficient (Wildman–Crippen LogP) is 5.31. The molecule has 0 nitrogen and oxygen atoms in total. The summed E-state index contributed by atoms with van der Waals surface area (Å²) in [4.78, 5) is 0. The van der Waals surface area contributed by atoms with Crippen LogP contribution in [0.15, 0.2) is 24.3 Å². The van der Waals surface area contributed by atoms with Crippen LogP contribution in [0.25, 0.3) is 0 Å². The summed E-state index contributed by atoms with van der Waals surface area (Å²) in [6.45, 7) is 4.53. The van der Waals surface area contributed by atoms with Crippen LogP contribution in [-0.4, -0.2) is 11.5 Å². The van der Waals surface area contributed by atoms with Crippen molar-refractivity contribution in [2.24, 2.45) is 5.41 Å². The van der Waals surface area contributed by atoms with Gasteiger partial charge in [-0.3, -0.25) is 0 Å². The Hall–Kier alpha value is 0.210. The van der Waals surface area contributed by atoms with E-state index in [2.05, 4.69) is 38.6 Å². The number of rotatable bonds is 7. The molecule has 0 N–H and O–H groups in total. The van der Waals surface area contributed by atoms with Crippen LogP contribution in [0.4, 0.5) is 0 Å². The van der Waals surface area contributed by atoms with Gasteiger partial charge in [0.25, 0.3) is 0 Å². The quantitative estimate of drug-likeness (QED) is 0.664. The van der Waals surface area contributed by atoms with Crippen LogP contribution in [0.3, 0.4) is 0 Å². The number of benzene rings is 1. The highest BCUT2D eigenvalue weighted by molar-refractivity contribution is 7.98. The van der Waals surface area contributed by atoms with Crippen LogP contribution in [0.2, 0.25) is 5.02 Å². The highest BCUT2D eigenvalue weighted by atomic mass is 35.5. The molecule has 0 saturated heterocycles. The van der Waals surface area contributed by atoms with E-state index >= 15 is 0 Å². The van der Waals surface area contributed by atoms with Crippen molar-refractivity contribution in [2.45, 2.75) is 32.4 Å². The molecule has 0 saturated carbocycles. The third-order valence-electron chi connectivity index (χ3n) is 3.43. The molecule has 0 aliphatic carbocycles. The lowest BCUT2D eigenvalue weighted by Gasteiger charge is -2.29. The summed E-state index contributed by atoms with van der Waals surface area (Å²) in [6.07, 6.45) is 2.42. The van der Waals surface area contributed by atoms with Crippen LogP contribution in [0.5, 0.6) is 0 Å². The van der Waals surface area contributed by atoms with Gasteiger partial charge in [0.05, 0.1) is 0 Å². The maximum absolute atomic E-state index is 5.87. The average molecular weight is 289 g/mol. The summed E-state index contributed by atoms with van der Waals surface area (Å²) in [7, 11) is 0. The van der Waals surface area contributed by atoms with Crippen molar-refractivity contribution in [1.29, 1.82) is 0 Å². The fourth-order valence-electron chi connectivity index (χ4n) is 1.69. The second-order valence-electron chi connectivity index (χ2n) is 4.48. The van der Waals surface area contributed by atoms with E-state index in [1.54, 1.807) is 0 Å². The topological polar surface area (TPSA) is 0 Å². The van der Waals surface area contributed by atoms with Gasteiger partial charge in [0.1, 0.15) is 0 Å². The molecule has 1 aromatic rings. The van der Waals surface area contributed by atoms with E-state index in [0.29, 0.717) is 5.41 Å². The lowest BCUT2D eigenvalue weighted by Crippen LogP contribution is -2.24. The zero-order valence-corrected chi connectivity index (χ0v) is 13.0. The van der Waals surface area contributed by atoms with Gasteiger partial charge in [-0.05, 0) is 41.7 Å². The summed E-state index contributed by atoms with van der Waals surface area (Å²) in [5.41, 5.74) is 1.75. The van der Waals surface area contributed by atoms with Crippen molar-refractivity contribution < 1.29 is 0 Å². The molecule has 0 fully saturated rings. The first-order valence-electron chi connectivity index (χ1n) is 6.09. The molecule has 1 aromatic carbocycles. The third-order valence-corrected chi connectivity index (χ3v) is 5.70. The molecule has 0 aliphatic rings. The Balaban J connectivity index is 2.43. The Bertz CT molecular complexity index is 309. The van der Waals surface area contributed by atoms with Crippen molar-refractivity contribution in [3.63, 3.8) is 0 Å². The summed E-state index contributed by atoms with van der Waals surface area (Å²) >= 11 is 12.4. The van der Waals surface area contributed by atoms with Crippen molar-refractivity contribution in [3.05, 3.63) is 34.9 Å². The van der Waals surface area contributed by atoms with Gasteiger partial charge < -0.3 is 0 Å². The van der Waals surface area contributed by atoms with E-state index in [4.69, 9.17) is 11.6 Å². The fourth-order valence-corrected chi connectivity index (χ4v) is 4.00. The van der Waals surface area contributed by atoms with Crippen LogP contribution in [0.1, 0.15) is 32.3 Å².